The molecule has 0 bridgehead atoms. The molecule has 2 atom stereocenters. The van der Waals surface area contributed by atoms with E-state index in [2.05, 4.69) is 18.7 Å². The van der Waals surface area contributed by atoms with Gasteiger partial charge in [0.05, 0.1) is 10.6 Å². The molecule has 0 spiro atoms. The molecule has 2 unspecified atom stereocenters. The van der Waals surface area contributed by atoms with Crippen LogP contribution in [0.4, 0.5) is 0 Å². The molecule has 2 aromatic heterocycles. The van der Waals surface area contributed by atoms with Gasteiger partial charge in [0.2, 0.25) is 0 Å². The lowest BCUT2D eigenvalue weighted by atomic mass is 10.2. The van der Waals surface area contributed by atoms with Gasteiger partial charge in [-0.1, -0.05) is 18.5 Å². The highest BCUT2D eigenvalue weighted by Crippen LogP contribution is 2.45. The normalized spacial score (nSPS) is 25.4. The molecule has 112 valence electrons. The molecule has 0 saturated carbocycles. The van der Waals surface area contributed by atoms with E-state index in [1.165, 1.54) is 41.2 Å². The summed E-state index contributed by atoms with van der Waals surface area (Å²) in [5.41, 5.74) is 1.42. The highest BCUT2D eigenvalue weighted by molar-refractivity contribution is 8.06. The third-order valence-corrected chi connectivity index (χ3v) is 8.95. The van der Waals surface area contributed by atoms with Gasteiger partial charge in [-0.05, 0) is 31.2 Å². The fraction of sp³-hybridized carbons (Fsp3) is 0.600. The monoisotopic (exact) mass is 356 g/mol. The first kappa shape index (κ1) is 14.6. The predicted octanol–water partition coefficient (Wildman–Crippen LogP) is 5.13. The number of aromatic nitrogens is 2. The van der Waals surface area contributed by atoms with E-state index in [4.69, 9.17) is 21.6 Å². The Morgan fingerprint density at radius 1 is 1.19 bits per heavy atom. The molecule has 21 heavy (non-hydrogen) atoms. The summed E-state index contributed by atoms with van der Waals surface area (Å²) in [6, 6.07) is 0. The second-order valence-electron chi connectivity index (χ2n) is 5.52. The van der Waals surface area contributed by atoms with E-state index >= 15 is 0 Å². The first-order chi connectivity index (χ1) is 10.3. The van der Waals surface area contributed by atoms with Crippen LogP contribution in [-0.4, -0.2) is 26.7 Å². The van der Waals surface area contributed by atoms with Crippen LogP contribution in [0.2, 0.25) is 5.15 Å². The highest BCUT2D eigenvalue weighted by atomic mass is 35.5. The van der Waals surface area contributed by atoms with Crippen LogP contribution in [0.25, 0.3) is 10.2 Å². The Kier molecular flexibility index (Phi) is 4.11. The highest BCUT2D eigenvalue weighted by Gasteiger charge is 2.30. The number of aryl methyl sites for hydroxylation is 2. The van der Waals surface area contributed by atoms with Gasteiger partial charge in [0.15, 0.2) is 0 Å². The van der Waals surface area contributed by atoms with Crippen LogP contribution in [0.5, 0.6) is 0 Å². The quantitative estimate of drug-likeness (QED) is 0.696. The Balaban J connectivity index is 1.79. The topological polar surface area (TPSA) is 25.8 Å². The molecule has 6 heteroatoms. The minimum Gasteiger partial charge on any atom is -0.221 e. The van der Waals surface area contributed by atoms with Crippen molar-refractivity contribution in [3.8, 4) is 0 Å². The summed E-state index contributed by atoms with van der Waals surface area (Å²) in [4.78, 5) is 12.2. The third kappa shape index (κ3) is 2.50. The Morgan fingerprint density at radius 3 is 2.90 bits per heavy atom. The number of hydrogen-bond acceptors (Lipinski definition) is 5. The number of fused-ring (bicyclic) bond motifs is 3. The SMILES string of the molecule is CCC1SCCSC1c1nc(Cl)c2c3c(sc2n1)CCC3. The molecule has 0 aromatic carbocycles. The summed E-state index contributed by atoms with van der Waals surface area (Å²) in [6.07, 6.45) is 4.75. The summed E-state index contributed by atoms with van der Waals surface area (Å²) in [6.45, 7) is 2.26. The third-order valence-electron chi connectivity index (χ3n) is 4.25. The molecule has 1 saturated heterocycles. The van der Waals surface area contributed by atoms with Crippen LogP contribution < -0.4 is 0 Å². The van der Waals surface area contributed by atoms with E-state index in [0.717, 1.165) is 22.5 Å². The lowest BCUT2D eigenvalue weighted by Crippen LogP contribution is -2.20. The molecule has 0 N–H and O–H groups in total. The van der Waals surface area contributed by atoms with Crippen molar-refractivity contribution in [2.75, 3.05) is 11.5 Å². The van der Waals surface area contributed by atoms with Crippen molar-refractivity contribution in [1.29, 1.82) is 0 Å². The lowest BCUT2D eigenvalue weighted by molar-refractivity contribution is 0.755. The van der Waals surface area contributed by atoms with E-state index in [-0.39, 0.29) is 0 Å². The van der Waals surface area contributed by atoms with Gasteiger partial charge in [-0.3, -0.25) is 0 Å². The first-order valence-electron chi connectivity index (χ1n) is 7.48. The Bertz CT molecular complexity index is 685. The van der Waals surface area contributed by atoms with Gasteiger partial charge in [-0.25, -0.2) is 9.97 Å². The zero-order chi connectivity index (χ0) is 14.4. The van der Waals surface area contributed by atoms with E-state index in [9.17, 15) is 0 Å². The summed E-state index contributed by atoms with van der Waals surface area (Å²) >= 11 is 12.4. The molecular weight excluding hydrogens is 340 g/mol. The van der Waals surface area contributed by atoms with E-state index in [0.29, 0.717) is 15.7 Å². The average molecular weight is 357 g/mol. The molecule has 0 amide bonds. The number of hydrogen-bond donors (Lipinski definition) is 0. The second-order valence-corrected chi connectivity index (χ2v) is 9.56. The molecule has 0 radical (unpaired) electrons. The summed E-state index contributed by atoms with van der Waals surface area (Å²) < 4.78 is 0. The average Bonchev–Trinajstić information content (AvgIpc) is 3.07. The minimum absolute atomic E-state index is 0.396. The zero-order valence-electron chi connectivity index (χ0n) is 11.9. The summed E-state index contributed by atoms with van der Waals surface area (Å²) in [5, 5.41) is 2.83. The maximum atomic E-state index is 6.54. The van der Waals surface area contributed by atoms with Gasteiger partial charge >= 0.3 is 0 Å². The molecular formula is C15H17ClN2S3. The smallest absolute Gasteiger partial charge is 0.145 e. The van der Waals surface area contributed by atoms with Crippen LogP contribution in [-0.2, 0) is 12.8 Å². The van der Waals surface area contributed by atoms with Crippen LogP contribution in [0.3, 0.4) is 0 Å². The van der Waals surface area contributed by atoms with Crippen LogP contribution in [0.1, 0.15) is 41.3 Å². The van der Waals surface area contributed by atoms with Crippen molar-refractivity contribution in [1.82, 2.24) is 9.97 Å². The standard InChI is InChI=1S/C15H17ClN2S3/c1-2-9-12(20-7-6-19-9)14-17-13(16)11-8-4-3-5-10(8)21-15(11)18-14/h9,12H,2-7H2,1H3. The van der Waals surface area contributed by atoms with Crippen molar-refractivity contribution in [3.63, 3.8) is 0 Å². The molecule has 2 nitrogen and oxygen atoms in total. The summed E-state index contributed by atoms with van der Waals surface area (Å²) in [5.74, 6) is 3.38. The van der Waals surface area contributed by atoms with Gasteiger partial charge < -0.3 is 0 Å². The van der Waals surface area contributed by atoms with Crippen LogP contribution in [0, 0.1) is 0 Å². The molecule has 4 rings (SSSR count). The van der Waals surface area contributed by atoms with Gasteiger partial charge in [-0.15, -0.1) is 23.1 Å². The minimum atomic E-state index is 0.396. The van der Waals surface area contributed by atoms with Crippen molar-refractivity contribution in [2.45, 2.75) is 43.1 Å². The number of thiophene rings is 1. The van der Waals surface area contributed by atoms with Gasteiger partial charge in [-0.2, -0.15) is 11.8 Å². The van der Waals surface area contributed by atoms with Crippen molar-refractivity contribution in [3.05, 3.63) is 21.4 Å². The first-order valence-corrected chi connectivity index (χ1v) is 10.8. The maximum absolute atomic E-state index is 6.54. The second kappa shape index (κ2) is 5.91. The predicted molar refractivity (Wildman–Crippen MR) is 96.2 cm³/mol. The number of thioether (sulfide) groups is 2. The maximum Gasteiger partial charge on any atom is 0.145 e. The fourth-order valence-corrected chi connectivity index (χ4v) is 7.84. The van der Waals surface area contributed by atoms with Crippen molar-refractivity contribution in [2.24, 2.45) is 0 Å². The Labute approximate surface area is 142 Å². The van der Waals surface area contributed by atoms with Gasteiger partial charge in [0, 0.05) is 21.6 Å². The Morgan fingerprint density at radius 2 is 2.05 bits per heavy atom. The number of nitrogens with zero attached hydrogens (tertiary/aromatic N) is 2. The van der Waals surface area contributed by atoms with Crippen molar-refractivity contribution >= 4 is 56.7 Å². The molecule has 1 aliphatic carbocycles. The molecule has 2 aliphatic rings. The van der Waals surface area contributed by atoms with Crippen LogP contribution in [0.15, 0.2) is 0 Å². The lowest BCUT2D eigenvalue weighted by Gasteiger charge is -2.28. The molecule has 1 aliphatic heterocycles. The van der Waals surface area contributed by atoms with Gasteiger partial charge in [0.1, 0.15) is 15.8 Å². The van der Waals surface area contributed by atoms with Crippen molar-refractivity contribution < 1.29 is 0 Å². The number of halogens is 1. The zero-order valence-corrected chi connectivity index (χ0v) is 15.1. The fourth-order valence-electron chi connectivity index (χ4n) is 3.24. The van der Waals surface area contributed by atoms with Gasteiger partial charge in [0.25, 0.3) is 0 Å². The van der Waals surface area contributed by atoms with E-state index in [1.807, 2.05) is 23.1 Å². The van der Waals surface area contributed by atoms with E-state index < -0.39 is 0 Å². The summed E-state index contributed by atoms with van der Waals surface area (Å²) in [7, 11) is 0. The molecule has 2 aromatic rings. The molecule has 1 fully saturated rings. The largest absolute Gasteiger partial charge is 0.221 e. The van der Waals surface area contributed by atoms with Crippen LogP contribution >= 0.6 is 46.5 Å². The molecule has 3 heterocycles. The number of rotatable bonds is 2. The van der Waals surface area contributed by atoms with E-state index in [1.54, 1.807) is 0 Å². The Hall–Kier alpha value is 0.0300.